The molecule has 0 aliphatic heterocycles. The molecular weight excluding hydrogens is 211 g/mol. The maximum atomic E-state index is 9.06. The van der Waals surface area contributed by atoms with E-state index < -0.39 is 5.69 Å². The summed E-state index contributed by atoms with van der Waals surface area (Å²) in [5.74, 6) is 0. The Hall–Kier alpha value is 0.920. The third kappa shape index (κ3) is 7.56. The summed E-state index contributed by atoms with van der Waals surface area (Å²) in [4.78, 5) is 18.1. The molecule has 0 bridgehead atoms. The summed E-state index contributed by atoms with van der Waals surface area (Å²) in [5.41, 5.74) is -3.03. The standard InChI is InChI=1S/C7H17O2PS2/c1-3-5-6-7(4-2)12-10(8,9)11/h7H,3-6H2,1-2H3,(H2,8,9,11). The van der Waals surface area contributed by atoms with Gasteiger partial charge in [-0.15, -0.1) is 0 Å². The summed E-state index contributed by atoms with van der Waals surface area (Å²) in [7, 11) is 0. The Bertz CT molecular complexity index is 157. The van der Waals surface area contributed by atoms with Crippen LogP contribution in [0.1, 0.15) is 39.5 Å². The first-order valence-corrected chi connectivity index (χ1v) is 8.42. The van der Waals surface area contributed by atoms with Crippen molar-refractivity contribution in [2.45, 2.75) is 44.8 Å². The average Bonchev–Trinajstić information content (AvgIpc) is 1.95. The largest absolute Gasteiger partial charge is 0.338 e. The molecule has 0 aromatic rings. The second-order valence-corrected chi connectivity index (χ2v) is 9.01. The van der Waals surface area contributed by atoms with Gasteiger partial charge in [-0.05, 0) is 24.6 Å². The molecule has 0 spiro atoms. The van der Waals surface area contributed by atoms with Crippen LogP contribution in [0.25, 0.3) is 0 Å². The van der Waals surface area contributed by atoms with Crippen LogP contribution in [-0.2, 0) is 11.8 Å². The van der Waals surface area contributed by atoms with Gasteiger partial charge in [-0.25, -0.2) is 0 Å². The van der Waals surface area contributed by atoms with Gasteiger partial charge in [-0.2, -0.15) is 0 Å². The maximum Gasteiger partial charge on any atom is 0.242 e. The van der Waals surface area contributed by atoms with Crippen molar-refractivity contribution in [2.24, 2.45) is 0 Å². The van der Waals surface area contributed by atoms with Crippen LogP contribution in [0.15, 0.2) is 0 Å². The Kier molecular flexibility index (Phi) is 6.87. The number of hydrogen-bond donors (Lipinski definition) is 2. The molecule has 0 aromatic carbocycles. The van der Waals surface area contributed by atoms with Gasteiger partial charge in [-0.3, -0.25) is 0 Å². The lowest BCUT2D eigenvalue weighted by molar-refractivity contribution is 0.501. The first-order chi connectivity index (χ1) is 5.49. The van der Waals surface area contributed by atoms with Crippen molar-refractivity contribution < 1.29 is 9.79 Å². The predicted molar refractivity (Wildman–Crippen MR) is 59.9 cm³/mol. The monoisotopic (exact) mass is 228 g/mol. The van der Waals surface area contributed by atoms with Gasteiger partial charge in [-0.1, -0.05) is 38.1 Å². The highest BCUT2D eigenvalue weighted by Crippen LogP contribution is 2.54. The molecule has 5 heteroatoms. The smallest absolute Gasteiger partial charge is 0.242 e. The third-order valence-corrected chi connectivity index (χ3v) is 5.26. The second-order valence-electron chi connectivity index (χ2n) is 2.77. The highest BCUT2D eigenvalue weighted by atomic mass is 32.9. The van der Waals surface area contributed by atoms with E-state index >= 15 is 0 Å². The van der Waals surface area contributed by atoms with Crippen LogP contribution in [0.4, 0.5) is 0 Å². The average molecular weight is 228 g/mol. The molecule has 2 N–H and O–H groups in total. The van der Waals surface area contributed by atoms with Crippen LogP contribution in [0.3, 0.4) is 0 Å². The molecule has 0 amide bonds. The topological polar surface area (TPSA) is 40.5 Å². The van der Waals surface area contributed by atoms with Crippen molar-refractivity contribution in [1.82, 2.24) is 0 Å². The molecule has 1 atom stereocenters. The van der Waals surface area contributed by atoms with Gasteiger partial charge in [0.2, 0.25) is 5.69 Å². The van der Waals surface area contributed by atoms with Gasteiger partial charge < -0.3 is 9.79 Å². The zero-order valence-corrected chi connectivity index (χ0v) is 10.1. The van der Waals surface area contributed by atoms with Gasteiger partial charge in [0.05, 0.1) is 0 Å². The minimum atomic E-state index is -3.03. The summed E-state index contributed by atoms with van der Waals surface area (Å²) < 4.78 is 0. The van der Waals surface area contributed by atoms with Crippen LogP contribution in [0.5, 0.6) is 0 Å². The molecule has 0 aliphatic rings. The van der Waals surface area contributed by atoms with Crippen molar-refractivity contribution in [3.05, 3.63) is 0 Å². The minimum Gasteiger partial charge on any atom is -0.338 e. The SMILES string of the molecule is CCCCC(CC)SP(O)(O)=S. The first kappa shape index (κ1) is 12.9. The lowest BCUT2D eigenvalue weighted by Gasteiger charge is -2.16. The van der Waals surface area contributed by atoms with Crippen molar-refractivity contribution in [3.8, 4) is 0 Å². The van der Waals surface area contributed by atoms with Crippen molar-refractivity contribution in [3.63, 3.8) is 0 Å². The van der Waals surface area contributed by atoms with Crippen LogP contribution in [0.2, 0.25) is 0 Å². The number of hydrogen-bond acceptors (Lipinski definition) is 2. The van der Waals surface area contributed by atoms with Crippen LogP contribution >= 0.6 is 17.1 Å². The lowest BCUT2D eigenvalue weighted by atomic mass is 10.2. The van der Waals surface area contributed by atoms with Crippen molar-refractivity contribution in [2.75, 3.05) is 0 Å². The van der Waals surface area contributed by atoms with E-state index in [0.29, 0.717) is 5.25 Å². The zero-order chi connectivity index (χ0) is 9.61. The van der Waals surface area contributed by atoms with E-state index in [0.717, 1.165) is 25.7 Å². The summed E-state index contributed by atoms with van der Waals surface area (Å²) in [6.07, 6.45) is 4.29. The number of unbranched alkanes of at least 4 members (excludes halogenated alkanes) is 1. The van der Waals surface area contributed by atoms with E-state index in [4.69, 9.17) is 9.79 Å². The summed E-state index contributed by atoms with van der Waals surface area (Å²) >= 11 is 5.74. The molecule has 12 heavy (non-hydrogen) atoms. The van der Waals surface area contributed by atoms with Crippen LogP contribution in [0, 0.1) is 0 Å². The molecule has 0 radical (unpaired) electrons. The molecule has 0 aromatic heterocycles. The normalized spacial score (nSPS) is 14.7. The fourth-order valence-corrected chi connectivity index (χ4v) is 4.79. The molecular formula is C7H17O2PS2. The minimum absolute atomic E-state index is 0.325. The summed E-state index contributed by atoms with van der Waals surface area (Å²) in [6, 6.07) is 0. The van der Waals surface area contributed by atoms with E-state index in [-0.39, 0.29) is 0 Å². The molecule has 1 unspecified atom stereocenters. The van der Waals surface area contributed by atoms with Gasteiger partial charge in [0.25, 0.3) is 0 Å². The van der Waals surface area contributed by atoms with E-state index in [1.807, 2.05) is 0 Å². The molecule has 0 rings (SSSR count). The Morgan fingerprint density at radius 1 is 1.42 bits per heavy atom. The molecule has 2 nitrogen and oxygen atoms in total. The quantitative estimate of drug-likeness (QED) is 0.686. The summed E-state index contributed by atoms with van der Waals surface area (Å²) in [5, 5.41) is 0.325. The van der Waals surface area contributed by atoms with Gasteiger partial charge in [0.1, 0.15) is 0 Å². The van der Waals surface area contributed by atoms with Crippen molar-refractivity contribution in [1.29, 1.82) is 0 Å². The van der Waals surface area contributed by atoms with E-state index in [1.54, 1.807) is 0 Å². The Morgan fingerprint density at radius 3 is 2.33 bits per heavy atom. The Morgan fingerprint density at radius 2 is 2.00 bits per heavy atom. The van der Waals surface area contributed by atoms with Gasteiger partial charge in [0.15, 0.2) is 0 Å². The molecule has 0 saturated carbocycles. The second kappa shape index (κ2) is 6.39. The Labute approximate surface area is 83.7 Å². The molecule has 0 fully saturated rings. The molecule has 0 aliphatic carbocycles. The molecule has 74 valence electrons. The van der Waals surface area contributed by atoms with Crippen LogP contribution in [-0.4, -0.2) is 15.0 Å². The highest BCUT2D eigenvalue weighted by Gasteiger charge is 2.16. The third-order valence-electron chi connectivity index (χ3n) is 1.62. The highest BCUT2D eigenvalue weighted by molar-refractivity contribution is 8.67. The van der Waals surface area contributed by atoms with Gasteiger partial charge in [0, 0.05) is 5.25 Å². The zero-order valence-electron chi connectivity index (χ0n) is 7.56. The predicted octanol–water partition coefficient (Wildman–Crippen LogP) is 2.90. The van der Waals surface area contributed by atoms with E-state index in [1.165, 1.54) is 11.4 Å². The molecule has 0 saturated heterocycles. The van der Waals surface area contributed by atoms with Gasteiger partial charge >= 0.3 is 0 Å². The fourth-order valence-electron chi connectivity index (χ4n) is 0.957. The first-order valence-electron chi connectivity index (χ1n) is 4.23. The maximum absolute atomic E-state index is 9.06. The molecule has 0 heterocycles. The van der Waals surface area contributed by atoms with Crippen LogP contribution < -0.4 is 0 Å². The fraction of sp³-hybridized carbons (Fsp3) is 1.00. The lowest BCUT2D eigenvalue weighted by Crippen LogP contribution is -1.99. The summed E-state index contributed by atoms with van der Waals surface area (Å²) in [6.45, 7) is 4.18. The number of rotatable bonds is 6. The Balaban J connectivity index is 3.75. The van der Waals surface area contributed by atoms with Crippen molar-refractivity contribution >= 4 is 28.9 Å². The van der Waals surface area contributed by atoms with E-state index in [9.17, 15) is 0 Å². The van der Waals surface area contributed by atoms with E-state index in [2.05, 4.69) is 25.7 Å².